The molecule has 1 heterocycles. The van der Waals surface area contributed by atoms with Crippen LogP contribution >= 0.6 is 0 Å². The standard InChI is InChI=1S/C13H20N2O3/c1-9-2-4-10(5-3-9)14-13(17)12-8-11(6-7-16)18-15-12/h8-10,16H,2-7H2,1H3,(H,14,17). The van der Waals surface area contributed by atoms with Gasteiger partial charge in [0.1, 0.15) is 5.76 Å². The number of carbonyl (C=O) groups excluding carboxylic acids is 1. The smallest absolute Gasteiger partial charge is 0.273 e. The minimum Gasteiger partial charge on any atom is -0.396 e. The molecule has 1 aliphatic carbocycles. The van der Waals surface area contributed by atoms with Gasteiger partial charge in [0.05, 0.1) is 6.61 Å². The third kappa shape index (κ3) is 3.32. The molecule has 1 aliphatic rings. The van der Waals surface area contributed by atoms with Gasteiger partial charge in [-0.1, -0.05) is 12.1 Å². The Bertz CT molecular complexity index is 395. The molecule has 5 heteroatoms. The molecule has 1 aromatic rings. The van der Waals surface area contributed by atoms with E-state index in [2.05, 4.69) is 17.4 Å². The summed E-state index contributed by atoms with van der Waals surface area (Å²) in [5.74, 6) is 1.13. The largest absolute Gasteiger partial charge is 0.396 e. The maximum absolute atomic E-state index is 11.9. The van der Waals surface area contributed by atoms with Crippen LogP contribution in [0.25, 0.3) is 0 Å². The number of aromatic nitrogens is 1. The van der Waals surface area contributed by atoms with Gasteiger partial charge < -0.3 is 14.9 Å². The van der Waals surface area contributed by atoms with E-state index in [1.807, 2.05) is 0 Å². The SMILES string of the molecule is CC1CCC(NC(=O)c2cc(CCO)on2)CC1. The summed E-state index contributed by atoms with van der Waals surface area (Å²) >= 11 is 0. The third-order valence-electron chi connectivity index (χ3n) is 3.50. The second-order valence-electron chi connectivity index (χ2n) is 5.08. The van der Waals surface area contributed by atoms with Gasteiger partial charge in [-0.3, -0.25) is 4.79 Å². The Hall–Kier alpha value is -1.36. The monoisotopic (exact) mass is 252 g/mol. The molecular weight excluding hydrogens is 232 g/mol. The Kier molecular flexibility index (Phi) is 4.36. The summed E-state index contributed by atoms with van der Waals surface area (Å²) in [6.07, 6.45) is 4.79. The Morgan fingerprint density at radius 2 is 2.22 bits per heavy atom. The Morgan fingerprint density at radius 1 is 1.50 bits per heavy atom. The average molecular weight is 252 g/mol. The van der Waals surface area contributed by atoms with E-state index >= 15 is 0 Å². The van der Waals surface area contributed by atoms with Crippen molar-refractivity contribution in [3.63, 3.8) is 0 Å². The van der Waals surface area contributed by atoms with Crippen LogP contribution in [0.15, 0.2) is 10.6 Å². The molecule has 0 aromatic carbocycles. The van der Waals surface area contributed by atoms with Gasteiger partial charge in [-0.2, -0.15) is 0 Å². The van der Waals surface area contributed by atoms with Crippen LogP contribution in [0.3, 0.4) is 0 Å². The first kappa shape index (κ1) is 13.1. The highest BCUT2D eigenvalue weighted by atomic mass is 16.5. The molecular formula is C13H20N2O3. The Balaban J connectivity index is 1.86. The number of carbonyl (C=O) groups is 1. The van der Waals surface area contributed by atoms with Crippen LogP contribution in [0, 0.1) is 5.92 Å². The summed E-state index contributed by atoms with van der Waals surface area (Å²) in [6, 6.07) is 1.85. The van der Waals surface area contributed by atoms with E-state index in [9.17, 15) is 4.79 Å². The summed E-state index contributed by atoms with van der Waals surface area (Å²) in [7, 11) is 0. The summed E-state index contributed by atoms with van der Waals surface area (Å²) in [5.41, 5.74) is 0.303. The van der Waals surface area contributed by atoms with Gasteiger partial charge in [-0.15, -0.1) is 0 Å². The molecule has 0 aliphatic heterocycles. The molecule has 0 radical (unpaired) electrons. The van der Waals surface area contributed by atoms with E-state index in [4.69, 9.17) is 9.63 Å². The number of nitrogens with zero attached hydrogens (tertiary/aromatic N) is 1. The minimum absolute atomic E-state index is 0.00321. The number of rotatable bonds is 4. The number of amides is 1. The van der Waals surface area contributed by atoms with Crippen molar-refractivity contribution < 1.29 is 14.4 Å². The van der Waals surface area contributed by atoms with E-state index in [0.29, 0.717) is 17.9 Å². The van der Waals surface area contributed by atoms with Crippen LogP contribution in [-0.4, -0.2) is 28.8 Å². The minimum atomic E-state index is -0.178. The highest BCUT2D eigenvalue weighted by Crippen LogP contribution is 2.23. The van der Waals surface area contributed by atoms with Crippen LogP contribution < -0.4 is 5.32 Å². The quantitative estimate of drug-likeness (QED) is 0.852. The molecule has 0 bridgehead atoms. The Labute approximate surface area is 107 Å². The predicted molar refractivity (Wildman–Crippen MR) is 66.2 cm³/mol. The van der Waals surface area contributed by atoms with Crippen LogP contribution in [0.2, 0.25) is 0 Å². The highest BCUT2D eigenvalue weighted by molar-refractivity contribution is 5.92. The number of aliphatic hydroxyl groups excluding tert-OH is 1. The van der Waals surface area contributed by atoms with Crippen molar-refractivity contribution in [1.82, 2.24) is 10.5 Å². The zero-order chi connectivity index (χ0) is 13.0. The van der Waals surface area contributed by atoms with Crippen molar-refractivity contribution in [3.8, 4) is 0 Å². The molecule has 0 saturated heterocycles. The molecule has 0 unspecified atom stereocenters. The van der Waals surface area contributed by atoms with Gasteiger partial charge in [-0.05, 0) is 31.6 Å². The average Bonchev–Trinajstić information content (AvgIpc) is 2.81. The van der Waals surface area contributed by atoms with E-state index in [0.717, 1.165) is 18.8 Å². The molecule has 0 atom stereocenters. The van der Waals surface area contributed by atoms with Gasteiger partial charge >= 0.3 is 0 Å². The zero-order valence-corrected chi connectivity index (χ0v) is 10.7. The maximum Gasteiger partial charge on any atom is 0.273 e. The summed E-state index contributed by atoms with van der Waals surface area (Å²) in [6.45, 7) is 2.24. The summed E-state index contributed by atoms with van der Waals surface area (Å²) < 4.78 is 4.96. The molecule has 1 amide bonds. The number of hydrogen-bond donors (Lipinski definition) is 2. The lowest BCUT2D eigenvalue weighted by Gasteiger charge is -2.26. The first-order valence-electron chi connectivity index (χ1n) is 6.56. The van der Waals surface area contributed by atoms with Crippen molar-refractivity contribution in [2.75, 3.05) is 6.61 Å². The maximum atomic E-state index is 11.9. The van der Waals surface area contributed by atoms with Crippen molar-refractivity contribution in [2.45, 2.75) is 45.1 Å². The Morgan fingerprint density at radius 3 is 2.89 bits per heavy atom. The first-order chi connectivity index (χ1) is 8.69. The molecule has 2 N–H and O–H groups in total. The number of aliphatic hydroxyl groups is 1. The molecule has 1 aromatic heterocycles. The van der Waals surface area contributed by atoms with Crippen molar-refractivity contribution >= 4 is 5.91 Å². The fourth-order valence-corrected chi connectivity index (χ4v) is 2.31. The lowest BCUT2D eigenvalue weighted by Crippen LogP contribution is -2.37. The molecule has 1 fully saturated rings. The highest BCUT2D eigenvalue weighted by Gasteiger charge is 2.21. The first-order valence-corrected chi connectivity index (χ1v) is 6.56. The lowest BCUT2D eigenvalue weighted by molar-refractivity contribution is 0.0913. The molecule has 2 rings (SSSR count). The zero-order valence-electron chi connectivity index (χ0n) is 10.7. The van der Waals surface area contributed by atoms with Crippen LogP contribution in [0.4, 0.5) is 0 Å². The van der Waals surface area contributed by atoms with E-state index in [1.54, 1.807) is 6.07 Å². The van der Waals surface area contributed by atoms with Crippen molar-refractivity contribution in [2.24, 2.45) is 5.92 Å². The molecule has 5 nitrogen and oxygen atoms in total. The molecule has 100 valence electrons. The fraction of sp³-hybridized carbons (Fsp3) is 0.692. The normalized spacial score (nSPS) is 23.9. The van der Waals surface area contributed by atoms with Crippen LogP contribution in [-0.2, 0) is 6.42 Å². The topological polar surface area (TPSA) is 75.4 Å². The summed E-state index contributed by atoms with van der Waals surface area (Å²) in [5, 5.41) is 15.5. The van der Waals surface area contributed by atoms with Crippen LogP contribution in [0.1, 0.15) is 48.9 Å². The number of hydrogen-bond acceptors (Lipinski definition) is 4. The molecule has 1 saturated carbocycles. The molecule has 0 spiro atoms. The van der Waals surface area contributed by atoms with Gasteiger partial charge in [0.15, 0.2) is 5.69 Å². The predicted octanol–water partition coefficient (Wildman–Crippen LogP) is 1.52. The van der Waals surface area contributed by atoms with E-state index in [1.165, 1.54) is 12.8 Å². The van der Waals surface area contributed by atoms with Crippen molar-refractivity contribution in [1.29, 1.82) is 0 Å². The van der Waals surface area contributed by atoms with Gasteiger partial charge in [0.2, 0.25) is 0 Å². The number of nitrogens with one attached hydrogen (secondary N) is 1. The van der Waals surface area contributed by atoms with Gasteiger partial charge in [-0.25, -0.2) is 0 Å². The van der Waals surface area contributed by atoms with Gasteiger partial charge in [0, 0.05) is 18.5 Å². The fourth-order valence-electron chi connectivity index (χ4n) is 2.31. The van der Waals surface area contributed by atoms with Gasteiger partial charge in [0.25, 0.3) is 5.91 Å². The second-order valence-corrected chi connectivity index (χ2v) is 5.08. The molecule has 18 heavy (non-hydrogen) atoms. The summed E-state index contributed by atoms with van der Waals surface area (Å²) in [4.78, 5) is 11.9. The lowest BCUT2D eigenvalue weighted by atomic mass is 9.87. The second kappa shape index (κ2) is 6.00. The van der Waals surface area contributed by atoms with E-state index in [-0.39, 0.29) is 18.6 Å². The van der Waals surface area contributed by atoms with E-state index < -0.39 is 0 Å². The van der Waals surface area contributed by atoms with Crippen LogP contribution in [0.5, 0.6) is 0 Å². The third-order valence-corrected chi connectivity index (χ3v) is 3.50. The van der Waals surface area contributed by atoms with Crippen molar-refractivity contribution in [3.05, 3.63) is 17.5 Å².